The summed E-state index contributed by atoms with van der Waals surface area (Å²) >= 11 is 0. The predicted octanol–water partition coefficient (Wildman–Crippen LogP) is 9.53. The van der Waals surface area contributed by atoms with Crippen molar-refractivity contribution in [3.63, 3.8) is 0 Å². The molecule has 2 aromatic heterocycles. The van der Waals surface area contributed by atoms with E-state index in [4.69, 9.17) is 4.74 Å². The van der Waals surface area contributed by atoms with Gasteiger partial charge in [-0.1, -0.05) is 154 Å². The first-order chi connectivity index (χ1) is 24.2. The predicted molar refractivity (Wildman–Crippen MR) is 203 cm³/mol. The lowest BCUT2D eigenvalue weighted by atomic mass is 9.77. The Morgan fingerprint density at radius 3 is 1.71 bits per heavy atom. The van der Waals surface area contributed by atoms with Crippen molar-refractivity contribution in [2.75, 3.05) is 6.61 Å². The Bertz CT molecular complexity index is 1970. The van der Waals surface area contributed by atoms with E-state index in [-0.39, 0.29) is 12.3 Å². The molecule has 6 rings (SSSR count). The van der Waals surface area contributed by atoms with Crippen molar-refractivity contribution in [2.24, 2.45) is 0 Å². The zero-order chi connectivity index (χ0) is 36.4. The van der Waals surface area contributed by atoms with Crippen LogP contribution in [0.3, 0.4) is 0 Å². The number of hydrogen-bond acceptors (Lipinski definition) is 4. The molecule has 0 amide bonds. The fourth-order valence-corrected chi connectivity index (χ4v) is 9.15. The third-order valence-electron chi connectivity index (χ3n) is 9.00. The van der Waals surface area contributed by atoms with E-state index in [1.165, 1.54) is 10.9 Å². The van der Waals surface area contributed by atoms with Gasteiger partial charge in [0.1, 0.15) is 26.0 Å². The zero-order valence-electron chi connectivity index (χ0n) is 29.9. The molecular weight excluding hydrogens is 680 g/mol. The second-order valence-electron chi connectivity index (χ2n) is 15.1. The van der Waals surface area contributed by atoms with Crippen LogP contribution in [0, 0.1) is 0 Å². The zero-order valence-corrected chi connectivity index (χ0v) is 31.9. The summed E-state index contributed by atoms with van der Waals surface area (Å²) in [4.78, 5) is 0. The van der Waals surface area contributed by atoms with Crippen molar-refractivity contribution in [1.29, 1.82) is 0 Å². The van der Waals surface area contributed by atoms with Crippen molar-refractivity contribution < 1.29 is 17.9 Å². The summed E-state index contributed by atoms with van der Waals surface area (Å²) < 4.78 is 54.7. The van der Waals surface area contributed by atoms with Gasteiger partial charge in [0.15, 0.2) is 5.69 Å². The van der Waals surface area contributed by atoms with Crippen molar-refractivity contribution in [3.8, 4) is 22.4 Å². The summed E-state index contributed by atoms with van der Waals surface area (Å²) in [5, 5.41) is 14.5. The molecule has 6 aromatic rings. The minimum absolute atomic E-state index is 0.0202. The maximum Gasteiger partial charge on any atom is 0.435 e. The fraction of sp³-hybridized carbons (Fsp3) is 0.275. The SMILES string of the molecule is C[Si](C)(C)CCOCn1nnc(-c2cccc(-c3cn(C(c4ccccc4)(c4ccccc4)c4ccccc4)nc3C(F)(F)F)c2)c1[Si](C)(C)C. The number of halogens is 3. The number of alkyl halides is 3. The molecule has 0 fully saturated rings. The first-order valence-corrected chi connectivity index (χ1v) is 24.4. The van der Waals surface area contributed by atoms with Gasteiger partial charge in [-0.2, -0.15) is 18.3 Å². The number of benzene rings is 4. The highest BCUT2D eigenvalue weighted by molar-refractivity contribution is 6.89. The summed E-state index contributed by atoms with van der Waals surface area (Å²) in [5.41, 5.74) is 1.90. The quantitative estimate of drug-likeness (QED) is 0.0717. The minimum Gasteiger partial charge on any atom is -0.359 e. The molecule has 0 saturated heterocycles. The molecule has 6 nitrogen and oxygen atoms in total. The minimum atomic E-state index is -4.73. The third kappa shape index (κ3) is 7.56. The van der Waals surface area contributed by atoms with E-state index in [2.05, 4.69) is 54.7 Å². The van der Waals surface area contributed by atoms with Crippen molar-refractivity contribution >= 4 is 21.5 Å². The Balaban J connectivity index is 1.52. The molecule has 0 unspecified atom stereocenters. The molecular formula is C40H44F3N5OSi2. The van der Waals surface area contributed by atoms with Crippen LogP contribution < -0.4 is 5.32 Å². The molecule has 11 heteroatoms. The molecule has 0 aliphatic carbocycles. The Kier molecular flexibility index (Phi) is 10.1. The summed E-state index contributed by atoms with van der Waals surface area (Å²) in [6.45, 7) is 14.5. The Morgan fingerprint density at radius 1 is 0.686 bits per heavy atom. The molecule has 0 aliphatic heterocycles. The van der Waals surface area contributed by atoms with Gasteiger partial charge in [-0.05, 0) is 34.4 Å². The van der Waals surface area contributed by atoms with Crippen molar-refractivity contribution in [1.82, 2.24) is 24.8 Å². The van der Waals surface area contributed by atoms with E-state index >= 15 is 13.2 Å². The van der Waals surface area contributed by atoms with Crippen molar-refractivity contribution in [3.05, 3.63) is 144 Å². The number of rotatable bonds is 12. The largest absolute Gasteiger partial charge is 0.435 e. The Labute approximate surface area is 300 Å². The van der Waals surface area contributed by atoms with Crippen molar-refractivity contribution in [2.45, 2.75) is 63.8 Å². The van der Waals surface area contributed by atoms with Crippen LogP contribution in [0.1, 0.15) is 22.4 Å². The molecule has 51 heavy (non-hydrogen) atoms. The lowest BCUT2D eigenvalue weighted by Gasteiger charge is -2.36. The smallest absolute Gasteiger partial charge is 0.359 e. The molecule has 0 bridgehead atoms. The summed E-state index contributed by atoms with van der Waals surface area (Å²) in [5.74, 6) is 0. The average Bonchev–Trinajstić information content (AvgIpc) is 3.75. The second-order valence-corrected chi connectivity index (χ2v) is 25.7. The summed E-state index contributed by atoms with van der Waals surface area (Å²) in [6, 6.07) is 36.9. The van der Waals surface area contributed by atoms with E-state index in [1.54, 1.807) is 18.2 Å². The Hall–Kier alpha value is -4.59. The van der Waals surface area contributed by atoms with Crippen LogP contribution >= 0.6 is 0 Å². The highest BCUT2D eigenvalue weighted by Gasteiger charge is 2.44. The van der Waals surface area contributed by atoms with Gasteiger partial charge < -0.3 is 4.74 Å². The van der Waals surface area contributed by atoms with Gasteiger partial charge in [0.25, 0.3) is 0 Å². The molecule has 264 valence electrons. The molecule has 0 aliphatic rings. The molecule has 0 spiro atoms. The normalized spacial score (nSPS) is 12.7. The van der Waals surface area contributed by atoms with Gasteiger partial charge in [-0.25, -0.2) is 4.68 Å². The molecule has 0 saturated carbocycles. The fourth-order valence-electron chi connectivity index (χ4n) is 6.60. The van der Waals surface area contributed by atoms with Crippen LogP contribution in [0.15, 0.2) is 121 Å². The van der Waals surface area contributed by atoms with Gasteiger partial charge in [0, 0.05) is 32.0 Å². The summed E-state index contributed by atoms with van der Waals surface area (Å²) in [7, 11) is -3.32. The van der Waals surface area contributed by atoms with Crippen LogP contribution in [0.25, 0.3) is 22.4 Å². The third-order valence-corrected chi connectivity index (χ3v) is 12.6. The number of ether oxygens (including phenoxy) is 1. The van der Waals surface area contributed by atoms with Gasteiger partial charge in [-0.3, -0.25) is 4.68 Å². The van der Waals surface area contributed by atoms with Crippen LogP contribution in [0.2, 0.25) is 45.3 Å². The molecule has 2 heterocycles. The first-order valence-electron chi connectivity index (χ1n) is 17.2. The van der Waals surface area contributed by atoms with Gasteiger partial charge in [0.05, 0.1) is 5.32 Å². The average molecular weight is 724 g/mol. The maximum absolute atomic E-state index is 15.1. The van der Waals surface area contributed by atoms with Gasteiger partial charge in [-0.15, -0.1) is 5.10 Å². The lowest BCUT2D eigenvalue weighted by molar-refractivity contribution is -0.141. The lowest BCUT2D eigenvalue weighted by Crippen LogP contribution is -2.44. The van der Waals surface area contributed by atoms with E-state index in [0.29, 0.717) is 23.4 Å². The molecule has 0 atom stereocenters. The van der Waals surface area contributed by atoms with Crippen LogP contribution in [0.4, 0.5) is 13.2 Å². The van der Waals surface area contributed by atoms with Crippen LogP contribution in [0.5, 0.6) is 0 Å². The highest BCUT2D eigenvalue weighted by Crippen LogP contribution is 2.44. The van der Waals surface area contributed by atoms with E-state index < -0.39 is 33.6 Å². The highest BCUT2D eigenvalue weighted by atomic mass is 28.3. The standard InChI is InChI=1S/C40H44F3N5OSi2/c1-50(2,3)26-25-49-29-47-38(51(4,5)6)36(44-46-47)31-18-16-17-30(27-31)35-28-48(45-37(35)40(41,42)43)39(32-19-10-7-11-20-32,33-21-12-8-13-22-33)34-23-14-9-15-24-34/h7-24,27-28H,25-26,29H2,1-6H3. The first kappa shape index (κ1) is 36.2. The second kappa shape index (κ2) is 14.2. The number of nitrogens with zero attached hydrogens (tertiary/aromatic N) is 5. The van der Waals surface area contributed by atoms with E-state index in [0.717, 1.165) is 28.1 Å². The number of hydrogen-bond donors (Lipinski definition) is 0. The number of aromatic nitrogens is 5. The molecule has 0 radical (unpaired) electrons. The van der Waals surface area contributed by atoms with E-state index in [9.17, 15) is 0 Å². The van der Waals surface area contributed by atoms with Gasteiger partial charge >= 0.3 is 6.18 Å². The Morgan fingerprint density at radius 2 is 1.22 bits per heavy atom. The van der Waals surface area contributed by atoms with Crippen LogP contribution in [-0.2, 0) is 23.2 Å². The molecule has 4 aromatic carbocycles. The summed E-state index contributed by atoms with van der Waals surface area (Å²) in [6.07, 6.45) is -3.19. The molecule has 0 N–H and O–H groups in total. The van der Waals surface area contributed by atoms with Gasteiger partial charge in [0.2, 0.25) is 0 Å². The monoisotopic (exact) mass is 723 g/mol. The van der Waals surface area contributed by atoms with Crippen LogP contribution in [-0.4, -0.2) is 47.5 Å². The maximum atomic E-state index is 15.1. The van der Waals surface area contributed by atoms with E-state index in [1.807, 2.05) is 102 Å². The topological polar surface area (TPSA) is 57.8 Å².